The molecule has 6 heteroatoms. The Morgan fingerprint density at radius 1 is 1.03 bits per heavy atom. The van der Waals surface area contributed by atoms with Crippen LogP contribution in [0.2, 0.25) is 0 Å². The van der Waals surface area contributed by atoms with E-state index < -0.39 is 0 Å². The summed E-state index contributed by atoms with van der Waals surface area (Å²) in [6.45, 7) is 15.0. The second kappa shape index (κ2) is 8.84. The van der Waals surface area contributed by atoms with Crippen molar-refractivity contribution in [2.24, 2.45) is 0 Å². The molecule has 0 spiro atoms. The molecule has 1 aliphatic rings. The van der Waals surface area contributed by atoms with E-state index in [2.05, 4.69) is 81.6 Å². The van der Waals surface area contributed by atoms with Crippen molar-refractivity contribution in [3.8, 4) is 0 Å². The molecule has 0 radical (unpaired) electrons. The zero-order chi connectivity index (χ0) is 22.0. The van der Waals surface area contributed by atoms with Crippen LogP contribution in [0.3, 0.4) is 0 Å². The molecule has 0 aliphatic carbocycles. The lowest BCUT2D eigenvalue weighted by atomic mass is 10.0. The number of hydrogen-bond donors (Lipinski definition) is 0. The highest BCUT2D eigenvalue weighted by molar-refractivity contribution is 5.58. The first-order valence-electron chi connectivity index (χ1n) is 10.8. The van der Waals surface area contributed by atoms with Crippen LogP contribution in [-0.4, -0.2) is 45.8 Å². The molecule has 0 unspecified atom stereocenters. The Balaban J connectivity index is 1.48. The molecule has 1 atom stereocenters. The lowest BCUT2D eigenvalue weighted by Crippen LogP contribution is -2.53. The van der Waals surface area contributed by atoms with Crippen LogP contribution >= 0.6 is 0 Å². The molecule has 4 rings (SSSR count). The minimum absolute atomic E-state index is 0.296. The smallest absolute Gasteiger partial charge is 0.154 e. The highest BCUT2D eigenvalue weighted by Gasteiger charge is 2.27. The molecule has 31 heavy (non-hydrogen) atoms. The van der Waals surface area contributed by atoms with Gasteiger partial charge in [0.05, 0.1) is 23.8 Å². The molecule has 160 valence electrons. The van der Waals surface area contributed by atoms with Gasteiger partial charge in [-0.15, -0.1) is 5.10 Å². The first kappa shape index (κ1) is 21.0. The molecule has 0 bridgehead atoms. The van der Waals surface area contributed by atoms with Gasteiger partial charge in [0.1, 0.15) is 5.82 Å². The molecule has 1 saturated heterocycles. The van der Waals surface area contributed by atoms with Crippen molar-refractivity contribution >= 4 is 17.2 Å². The van der Waals surface area contributed by atoms with E-state index in [9.17, 15) is 0 Å². The van der Waals surface area contributed by atoms with E-state index in [1.165, 1.54) is 16.7 Å². The third kappa shape index (κ3) is 4.43. The Morgan fingerprint density at radius 2 is 1.81 bits per heavy atom. The highest BCUT2D eigenvalue weighted by Crippen LogP contribution is 2.26. The van der Waals surface area contributed by atoms with Gasteiger partial charge in [-0.05, 0) is 50.0 Å². The van der Waals surface area contributed by atoms with E-state index in [-0.39, 0.29) is 0 Å². The summed E-state index contributed by atoms with van der Waals surface area (Å²) in [5, 5.41) is 9.24. The van der Waals surface area contributed by atoms with Crippen LogP contribution in [0.15, 0.2) is 49.3 Å². The number of aromatic nitrogens is 4. The van der Waals surface area contributed by atoms with Gasteiger partial charge in [-0.25, -0.2) is 4.98 Å². The fraction of sp³-hybridized carbons (Fsp3) is 0.360. The van der Waals surface area contributed by atoms with Gasteiger partial charge >= 0.3 is 0 Å². The molecule has 3 aromatic rings. The van der Waals surface area contributed by atoms with Crippen molar-refractivity contribution in [1.82, 2.24) is 20.2 Å². The van der Waals surface area contributed by atoms with E-state index in [0.29, 0.717) is 6.04 Å². The van der Waals surface area contributed by atoms with Gasteiger partial charge in [0.15, 0.2) is 5.82 Å². The fourth-order valence-electron chi connectivity index (χ4n) is 4.08. The van der Waals surface area contributed by atoms with Crippen LogP contribution in [0.4, 0.5) is 11.6 Å². The standard InChI is InChI=1S/C25H30N6/c1-17(2)23-14-27-24(15-26-23)31-12-11-30(16-18(31)3)25-20(5)19(4)22(28-29-25)13-21-9-7-6-8-10-21/h6-10,14-15,18H,1,11-13,16H2,2-5H3/t18-/m1/s1. The zero-order valence-electron chi connectivity index (χ0n) is 18.8. The van der Waals surface area contributed by atoms with Gasteiger partial charge in [0.25, 0.3) is 0 Å². The molecule has 0 N–H and O–H groups in total. The Morgan fingerprint density at radius 3 is 2.45 bits per heavy atom. The third-order valence-electron chi connectivity index (χ3n) is 6.11. The van der Waals surface area contributed by atoms with Crippen molar-refractivity contribution in [2.45, 2.75) is 40.2 Å². The molecule has 1 aliphatic heterocycles. The predicted octanol–water partition coefficient (Wildman–Crippen LogP) is 4.22. The molecule has 1 aromatic carbocycles. The lowest BCUT2D eigenvalue weighted by Gasteiger charge is -2.41. The average molecular weight is 415 g/mol. The summed E-state index contributed by atoms with van der Waals surface area (Å²) in [7, 11) is 0. The minimum Gasteiger partial charge on any atom is -0.351 e. The normalized spacial score (nSPS) is 16.5. The molecule has 1 fully saturated rings. The third-order valence-corrected chi connectivity index (χ3v) is 6.11. The molecular formula is C25H30N6. The van der Waals surface area contributed by atoms with Crippen LogP contribution in [0.1, 0.15) is 41.9 Å². The summed E-state index contributed by atoms with van der Waals surface area (Å²) in [6.07, 6.45) is 4.47. The fourth-order valence-corrected chi connectivity index (χ4v) is 4.08. The van der Waals surface area contributed by atoms with Crippen molar-refractivity contribution in [1.29, 1.82) is 0 Å². The number of benzene rings is 1. The van der Waals surface area contributed by atoms with Crippen LogP contribution in [0.5, 0.6) is 0 Å². The first-order valence-corrected chi connectivity index (χ1v) is 10.8. The van der Waals surface area contributed by atoms with Gasteiger partial charge in [0, 0.05) is 32.1 Å². The van der Waals surface area contributed by atoms with Gasteiger partial charge in [-0.1, -0.05) is 36.9 Å². The van der Waals surface area contributed by atoms with E-state index in [4.69, 9.17) is 0 Å². The van der Waals surface area contributed by atoms with Gasteiger partial charge in [-0.3, -0.25) is 4.98 Å². The maximum Gasteiger partial charge on any atom is 0.154 e. The summed E-state index contributed by atoms with van der Waals surface area (Å²) in [5.74, 6) is 1.90. The Kier molecular flexibility index (Phi) is 5.98. The summed E-state index contributed by atoms with van der Waals surface area (Å²) in [4.78, 5) is 13.8. The quantitative estimate of drug-likeness (QED) is 0.623. The lowest BCUT2D eigenvalue weighted by molar-refractivity contribution is 0.539. The Hall–Kier alpha value is -3.28. The second-order valence-corrected chi connectivity index (χ2v) is 8.41. The maximum absolute atomic E-state index is 4.64. The molecule has 2 aromatic heterocycles. The van der Waals surface area contributed by atoms with E-state index in [1.807, 2.05) is 19.2 Å². The van der Waals surface area contributed by atoms with Crippen LogP contribution < -0.4 is 9.80 Å². The molecular weight excluding hydrogens is 384 g/mol. The number of allylic oxidation sites excluding steroid dienone is 1. The Labute approximate surface area is 184 Å². The van der Waals surface area contributed by atoms with Gasteiger partial charge < -0.3 is 9.80 Å². The predicted molar refractivity (Wildman–Crippen MR) is 127 cm³/mol. The SMILES string of the molecule is C=C(C)c1cnc(N2CCN(c3nnc(Cc4ccccc4)c(C)c3C)C[C@H]2C)cn1. The average Bonchev–Trinajstić information content (AvgIpc) is 2.78. The molecule has 3 heterocycles. The number of nitrogens with zero attached hydrogens (tertiary/aromatic N) is 6. The number of rotatable bonds is 5. The largest absolute Gasteiger partial charge is 0.351 e. The van der Waals surface area contributed by atoms with Crippen molar-refractivity contribution in [3.63, 3.8) is 0 Å². The molecule has 0 amide bonds. The summed E-state index contributed by atoms with van der Waals surface area (Å²) < 4.78 is 0. The number of hydrogen-bond acceptors (Lipinski definition) is 6. The van der Waals surface area contributed by atoms with E-state index in [1.54, 1.807) is 6.20 Å². The summed E-state index contributed by atoms with van der Waals surface area (Å²) in [5.41, 5.74) is 6.52. The number of piperazine rings is 1. The minimum atomic E-state index is 0.296. The molecule has 6 nitrogen and oxygen atoms in total. The monoisotopic (exact) mass is 414 g/mol. The summed E-state index contributed by atoms with van der Waals surface area (Å²) >= 11 is 0. The first-order chi connectivity index (χ1) is 14.9. The van der Waals surface area contributed by atoms with Crippen molar-refractivity contribution in [3.05, 3.63) is 77.4 Å². The topological polar surface area (TPSA) is 58.0 Å². The van der Waals surface area contributed by atoms with Crippen molar-refractivity contribution in [2.75, 3.05) is 29.4 Å². The van der Waals surface area contributed by atoms with E-state index >= 15 is 0 Å². The zero-order valence-corrected chi connectivity index (χ0v) is 18.8. The van der Waals surface area contributed by atoms with Crippen LogP contribution in [0, 0.1) is 13.8 Å². The second-order valence-electron chi connectivity index (χ2n) is 8.41. The van der Waals surface area contributed by atoms with Crippen LogP contribution in [-0.2, 0) is 6.42 Å². The number of anilines is 2. The van der Waals surface area contributed by atoms with Crippen LogP contribution in [0.25, 0.3) is 5.57 Å². The van der Waals surface area contributed by atoms with Crippen molar-refractivity contribution < 1.29 is 0 Å². The summed E-state index contributed by atoms with van der Waals surface area (Å²) in [6, 6.07) is 10.7. The highest BCUT2D eigenvalue weighted by atomic mass is 15.3. The van der Waals surface area contributed by atoms with E-state index in [0.717, 1.165) is 54.7 Å². The van der Waals surface area contributed by atoms with Gasteiger partial charge in [-0.2, -0.15) is 5.10 Å². The van der Waals surface area contributed by atoms with Gasteiger partial charge in [0.2, 0.25) is 0 Å². The maximum atomic E-state index is 4.64. The molecule has 0 saturated carbocycles. The Bertz CT molecular complexity index is 1060.